The van der Waals surface area contributed by atoms with Gasteiger partial charge in [-0.2, -0.15) is 0 Å². The Morgan fingerprint density at radius 1 is 1.50 bits per heavy atom. The predicted octanol–water partition coefficient (Wildman–Crippen LogP) is 0.912. The molecule has 16 heavy (non-hydrogen) atoms. The molecule has 0 heterocycles. The second-order valence-corrected chi connectivity index (χ2v) is 3.36. The minimum Gasteiger partial charge on any atom is -0.380 e. The lowest BCUT2D eigenvalue weighted by Crippen LogP contribution is -2.27. The lowest BCUT2D eigenvalue weighted by Gasteiger charge is -2.06. The lowest BCUT2D eigenvalue weighted by atomic mass is 10.1. The van der Waals surface area contributed by atoms with Gasteiger partial charge in [-0.05, 0) is 24.6 Å². The van der Waals surface area contributed by atoms with Gasteiger partial charge in [0.15, 0.2) is 0 Å². The van der Waals surface area contributed by atoms with Gasteiger partial charge in [0.05, 0.1) is 6.61 Å². The van der Waals surface area contributed by atoms with E-state index in [1.165, 1.54) is 0 Å². The van der Waals surface area contributed by atoms with Crippen LogP contribution < -0.4 is 11.1 Å². The molecular formula is C12H18N2O2. The summed E-state index contributed by atoms with van der Waals surface area (Å²) in [6.07, 6.45) is 0. The zero-order valence-electron chi connectivity index (χ0n) is 9.53. The topological polar surface area (TPSA) is 64.3 Å². The highest BCUT2D eigenvalue weighted by molar-refractivity contribution is 5.94. The second kappa shape index (κ2) is 6.98. The van der Waals surface area contributed by atoms with Crippen LogP contribution in [0.5, 0.6) is 0 Å². The number of carbonyl (C=O) groups excluding carboxylic acids is 1. The third-order valence-electron chi connectivity index (χ3n) is 2.16. The summed E-state index contributed by atoms with van der Waals surface area (Å²) in [6, 6.07) is 7.31. The first kappa shape index (κ1) is 12.7. The fourth-order valence-electron chi connectivity index (χ4n) is 1.32. The number of ether oxygens (including phenoxy) is 1. The Morgan fingerprint density at radius 3 is 3.00 bits per heavy atom. The largest absolute Gasteiger partial charge is 0.380 e. The van der Waals surface area contributed by atoms with E-state index in [0.29, 0.717) is 31.9 Å². The highest BCUT2D eigenvalue weighted by atomic mass is 16.5. The number of carbonyl (C=O) groups is 1. The van der Waals surface area contributed by atoms with E-state index in [4.69, 9.17) is 10.5 Å². The fraction of sp³-hybridized carbons (Fsp3) is 0.417. The lowest BCUT2D eigenvalue weighted by molar-refractivity contribution is 0.0922. The van der Waals surface area contributed by atoms with E-state index in [1.807, 2.05) is 19.1 Å². The average Bonchev–Trinajstić information content (AvgIpc) is 2.34. The van der Waals surface area contributed by atoms with Crippen LogP contribution >= 0.6 is 0 Å². The van der Waals surface area contributed by atoms with E-state index in [1.54, 1.807) is 12.1 Å². The summed E-state index contributed by atoms with van der Waals surface area (Å²) in [7, 11) is 0. The molecule has 0 aliphatic carbocycles. The molecule has 1 aromatic carbocycles. The van der Waals surface area contributed by atoms with Gasteiger partial charge in [0.2, 0.25) is 0 Å². The zero-order valence-corrected chi connectivity index (χ0v) is 9.53. The molecule has 4 heteroatoms. The minimum absolute atomic E-state index is 0.0880. The average molecular weight is 222 g/mol. The van der Waals surface area contributed by atoms with Crippen molar-refractivity contribution >= 4 is 5.91 Å². The van der Waals surface area contributed by atoms with Crippen molar-refractivity contribution in [2.24, 2.45) is 5.73 Å². The standard InChI is InChI=1S/C12H18N2O2/c1-2-16-7-6-14-12(15)11-5-3-4-10(8-11)9-13/h3-5,8H,2,6-7,9,13H2,1H3,(H,14,15). The van der Waals surface area contributed by atoms with Gasteiger partial charge in [0.25, 0.3) is 5.91 Å². The molecule has 0 spiro atoms. The van der Waals surface area contributed by atoms with E-state index in [2.05, 4.69) is 5.32 Å². The fourth-order valence-corrected chi connectivity index (χ4v) is 1.32. The summed E-state index contributed by atoms with van der Waals surface area (Å²) in [5.74, 6) is -0.0880. The summed E-state index contributed by atoms with van der Waals surface area (Å²) in [5.41, 5.74) is 7.10. The van der Waals surface area contributed by atoms with Gasteiger partial charge in [-0.1, -0.05) is 12.1 Å². The highest BCUT2D eigenvalue weighted by Gasteiger charge is 2.04. The first-order valence-electron chi connectivity index (χ1n) is 5.43. The van der Waals surface area contributed by atoms with Crippen molar-refractivity contribution in [3.05, 3.63) is 35.4 Å². The molecule has 0 aliphatic heterocycles. The predicted molar refractivity (Wildman–Crippen MR) is 63.2 cm³/mol. The SMILES string of the molecule is CCOCCNC(=O)c1cccc(CN)c1. The van der Waals surface area contributed by atoms with Crippen LogP contribution in [-0.4, -0.2) is 25.7 Å². The molecule has 0 aromatic heterocycles. The van der Waals surface area contributed by atoms with Crippen LogP contribution in [0.1, 0.15) is 22.8 Å². The van der Waals surface area contributed by atoms with Crippen molar-refractivity contribution in [1.29, 1.82) is 0 Å². The van der Waals surface area contributed by atoms with Crippen LogP contribution in [0.25, 0.3) is 0 Å². The molecule has 0 atom stereocenters. The number of benzene rings is 1. The molecule has 1 rings (SSSR count). The van der Waals surface area contributed by atoms with E-state index >= 15 is 0 Å². The molecule has 0 aliphatic rings. The monoisotopic (exact) mass is 222 g/mol. The number of rotatable bonds is 6. The van der Waals surface area contributed by atoms with Gasteiger partial charge in [0.1, 0.15) is 0 Å². The van der Waals surface area contributed by atoms with E-state index in [0.717, 1.165) is 5.56 Å². The molecule has 1 aromatic rings. The van der Waals surface area contributed by atoms with Crippen LogP contribution in [0, 0.1) is 0 Å². The number of nitrogens with one attached hydrogen (secondary N) is 1. The molecule has 88 valence electrons. The van der Waals surface area contributed by atoms with Crippen molar-refractivity contribution in [2.75, 3.05) is 19.8 Å². The molecule has 0 bridgehead atoms. The first-order chi connectivity index (χ1) is 7.77. The van der Waals surface area contributed by atoms with Gasteiger partial charge < -0.3 is 15.8 Å². The molecule has 3 N–H and O–H groups in total. The maximum Gasteiger partial charge on any atom is 0.251 e. The molecular weight excluding hydrogens is 204 g/mol. The van der Waals surface area contributed by atoms with E-state index < -0.39 is 0 Å². The van der Waals surface area contributed by atoms with E-state index in [-0.39, 0.29) is 5.91 Å². The third kappa shape index (κ3) is 4.00. The Morgan fingerprint density at radius 2 is 2.31 bits per heavy atom. The highest BCUT2D eigenvalue weighted by Crippen LogP contribution is 2.04. The number of amides is 1. The summed E-state index contributed by atoms with van der Waals surface area (Å²) in [5, 5.41) is 2.78. The van der Waals surface area contributed by atoms with Crippen LogP contribution in [0.4, 0.5) is 0 Å². The van der Waals surface area contributed by atoms with Gasteiger partial charge >= 0.3 is 0 Å². The second-order valence-electron chi connectivity index (χ2n) is 3.36. The Hall–Kier alpha value is -1.39. The van der Waals surface area contributed by atoms with Crippen molar-refractivity contribution in [3.8, 4) is 0 Å². The number of hydrogen-bond acceptors (Lipinski definition) is 3. The molecule has 0 unspecified atom stereocenters. The Balaban J connectivity index is 2.46. The minimum atomic E-state index is -0.0880. The first-order valence-corrected chi connectivity index (χ1v) is 5.43. The molecule has 0 saturated heterocycles. The maximum atomic E-state index is 11.7. The smallest absolute Gasteiger partial charge is 0.251 e. The van der Waals surface area contributed by atoms with Crippen LogP contribution in [0.2, 0.25) is 0 Å². The van der Waals surface area contributed by atoms with E-state index in [9.17, 15) is 4.79 Å². The van der Waals surface area contributed by atoms with Crippen molar-refractivity contribution in [3.63, 3.8) is 0 Å². The number of nitrogens with two attached hydrogens (primary N) is 1. The molecule has 0 radical (unpaired) electrons. The molecule has 0 saturated carbocycles. The molecule has 0 fully saturated rings. The summed E-state index contributed by atoms with van der Waals surface area (Å²) < 4.78 is 5.13. The van der Waals surface area contributed by atoms with Crippen LogP contribution in [0.3, 0.4) is 0 Å². The quantitative estimate of drug-likeness (QED) is 0.703. The normalized spacial score (nSPS) is 10.1. The Kier molecular flexibility index (Phi) is 5.53. The molecule has 1 amide bonds. The van der Waals surface area contributed by atoms with Gasteiger partial charge in [-0.25, -0.2) is 0 Å². The third-order valence-corrected chi connectivity index (χ3v) is 2.16. The zero-order chi connectivity index (χ0) is 11.8. The summed E-state index contributed by atoms with van der Waals surface area (Å²) >= 11 is 0. The van der Waals surface area contributed by atoms with Gasteiger partial charge in [-0.3, -0.25) is 4.79 Å². The van der Waals surface area contributed by atoms with Crippen molar-refractivity contribution < 1.29 is 9.53 Å². The summed E-state index contributed by atoms with van der Waals surface area (Å²) in [4.78, 5) is 11.7. The Labute approximate surface area is 95.8 Å². The summed E-state index contributed by atoms with van der Waals surface area (Å²) in [6.45, 7) is 4.10. The van der Waals surface area contributed by atoms with Crippen LogP contribution in [0.15, 0.2) is 24.3 Å². The van der Waals surface area contributed by atoms with Gasteiger partial charge in [0, 0.05) is 25.3 Å². The van der Waals surface area contributed by atoms with Crippen LogP contribution in [-0.2, 0) is 11.3 Å². The van der Waals surface area contributed by atoms with Gasteiger partial charge in [-0.15, -0.1) is 0 Å². The molecule has 4 nitrogen and oxygen atoms in total. The Bertz CT molecular complexity index is 340. The maximum absolute atomic E-state index is 11.7. The van der Waals surface area contributed by atoms with Crippen molar-refractivity contribution in [2.45, 2.75) is 13.5 Å². The number of hydrogen-bond donors (Lipinski definition) is 2. The van der Waals surface area contributed by atoms with Crippen molar-refractivity contribution in [1.82, 2.24) is 5.32 Å².